The van der Waals surface area contributed by atoms with E-state index in [1.165, 1.54) is 0 Å². The highest BCUT2D eigenvalue weighted by atomic mass is 35.5. The van der Waals surface area contributed by atoms with Crippen LogP contribution in [0.4, 0.5) is 0 Å². The van der Waals surface area contributed by atoms with E-state index in [0.717, 1.165) is 48.0 Å². The van der Waals surface area contributed by atoms with Crippen molar-refractivity contribution in [3.8, 4) is 5.75 Å². The zero-order chi connectivity index (χ0) is 18.5. The lowest BCUT2D eigenvalue weighted by Gasteiger charge is -2.38. The second-order valence-corrected chi connectivity index (χ2v) is 7.18. The number of piperidine rings is 1. The van der Waals surface area contributed by atoms with Gasteiger partial charge in [-0.2, -0.15) is 0 Å². The molecule has 1 saturated heterocycles. The predicted octanol–water partition coefficient (Wildman–Crippen LogP) is 4.80. The van der Waals surface area contributed by atoms with E-state index in [1.807, 2.05) is 60.8 Å². The molecule has 1 aromatic heterocycles. The summed E-state index contributed by atoms with van der Waals surface area (Å²) in [6.45, 7) is 2.21. The molecule has 2 heterocycles. The maximum atomic E-state index is 6.59. The number of rotatable bonds is 5. The van der Waals surface area contributed by atoms with Crippen molar-refractivity contribution in [1.82, 2.24) is 15.3 Å². The Hall–Kier alpha value is -2.14. The Labute approximate surface area is 176 Å². The van der Waals surface area contributed by atoms with Gasteiger partial charge in [-0.1, -0.05) is 48.0 Å². The molecule has 4 rings (SSSR count). The second-order valence-electron chi connectivity index (χ2n) is 6.77. The van der Waals surface area contributed by atoms with Crippen LogP contribution in [0.3, 0.4) is 0 Å². The molecule has 6 heteroatoms. The maximum absolute atomic E-state index is 6.59. The zero-order valence-electron chi connectivity index (χ0n) is 15.5. The fourth-order valence-electron chi connectivity index (χ4n) is 3.77. The highest BCUT2D eigenvalue weighted by Gasteiger charge is 2.38. The number of hydrogen-bond donors (Lipinski definition) is 1. The summed E-state index contributed by atoms with van der Waals surface area (Å²) in [5.74, 6) is 1.50. The lowest BCUT2D eigenvalue weighted by Crippen LogP contribution is -2.41. The van der Waals surface area contributed by atoms with Crippen LogP contribution in [0.1, 0.15) is 29.9 Å². The Kier molecular flexibility index (Phi) is 6.89. The second kappa shape index (κ2) is 9.37. The summed E-state index contributed by atoms with van der Waals surface area (Å²) in [6, 6.07) is 19.9. The number of nitrogens with one attached hydrogen (secondary N) is 1. The van der Waals surface area contributed by atoms with Crippen molar-refractivity contribution in [3.05, 3.63) is 89.0 Å². The Morgan fingerprint density at radius 1 is 0.964 bits per heavy atom. The van der Waals surface area contributed by atoms with E-state index in [1.54, 1.807) is 0 Å². The van der Waals surface area contributed by atoms with Crippen LogP contribution in [0, 0.1) is 0 Å². The molecule has 1 aliphatic heterocycles. The summed E-state index contributed by atoms with van der Waals surface area (Å²) >= 11 is 6.59. The van der Waals surface area contributed by atoms with Crippen LogP contribution in [-0.4, -0.2) is 23.1 Å². The monoisotopic (exact) mass is 415 g/mol. The van der Waals surface area contributed by atoms with Gasteiger partial charge < -0.3 is 10.1 Å². The molecule has 0 saturated carbocycles. The quantitative estimate of drug-likeness (QED) is 0.649. The molecule has 0 radical (unpaired) electrons. The van der Waals surface area contributed by atoms with Gasteiger partial charge in [0.1, 0.15) is 12.4 Å². The normalized spacial score (nSPS) is 15.5. The summed E-state index contributed by atoms with van der Waals surface area (Å²) < 4.78 is 5.83. The molecule has 0 amide bonds. The summed E-state index contributed by atoms with van der Waals surface area (Å²) in [5, 5.41) is 4.24. The molecule has 1 fully saturated rings. The van der Waals surface area contributed by atoms with E-state index in [-0.39, 0.29) is 17.8 Å². The highest BCUT2D eigenvalue weighted by Crippen LogP contribution is 2.42. The first-order chi connectivity index (χ1) is 13.3. The Bertz CT molecular complexity index is 899. The van der Waals surface area contributed by atoms with E-state index in [0.29, 0.717) is 12.4 Å². The van der Waals surface area contributed by atoms with Crippen molar-refractivity contribution in [2.45, 2.75) is 24.9 Å². The molecule has 28 heavy (non-hydrogen) atoms. The first-order valence-electron chi connectivity index (χ1n) is 9.24. The summed E-state index contributed by atoms with van der Waals surface area (Å²) in [6.07, 6.45) is 3.73. The van der Waals surface area contributed by atoms with Crippen molar-refractivity contribution in [2.24, 2.45) is 0 Å². The molecule has 1 aliphatic rings. The molecule has 0 bridgehead atoms. The number of benzene rings is 2. The Balaban J connectivity index is 0.00000225. The Morgan fingerprint density at radius 3 is 2.43 bits per heavy atom. The lowest BCUT2D eigenvalue weighted by atomic mass is 9.70. The van der Waals surface area contributed by atoms with Crippen LogP contribution in [0.5, 0.6) is 5.75 Å². The van der Waals surface area contributed by atoms with Crippen molar-refractivity contribution in [2.75, 3.05) is 13.1 Å². The topological polar surface area (TPSA) is 47.0 Å². The van der Waals surface area contributed by atoms with Crippen molar-refractivity contribution < 1.29 is 4.74 Å². The number of para-hydroxylation sites is 1. The average molecular weight is 416 g/mol. The van der Waals surface area contributed by atoms with Gasteiger partial charge in [0.2, 0.25) is 0 Å². The number of aromatic nitrogens is 2. The molecule has 0 unspecified atom stereocenters. The van der Waals surface area contributed by atoms with Crippen molar-refractivity contribution in [1.29, 1.82) is 0 Å². The van der Waals surface area contributed by atoms with Crippen LogP contribution < -0.4 is 10.1 Å². The SMILES string of the molecule is Cl.Clc1ccccc1C1(c2ccnc(COc3ccccc3)n2)CCNCC1. The van der Waals surface area contributed by atoms with Gasteiger partial charge in [0.05, 0.1) is 5.69 Å². The molecule has 4 nitrogen and oxygen atoms in total. The van der Waals surface area contributed by atoms with Gasteiger partial charge in [-0.05, 0) is 55.8 Å². The molecular weight excluding hydrogens is 393 g/mol. The molecule has 0 aliphatic carbocycles. The van der Waals surface area contributed by atoms with Crippen LogP contribution in [0.25, 0.3) is 0 Å². The van der Waals surface area contributed by atoms with E-state index in [2.05, 4.69) is 16.4 Å². The molecule has 146 valence electrons. The highest BCUT2D eigenvalue weighted by molar-refractivity contribution is 6.31. The predicted molar refractivity (Wildman–Crippen MR) is 114 cm³/mol. The minimum atomic E-state index is -0.200. The molecule has 0 atom stereocenters. The molecular formula is C22H23Cl2N3O. The fraction of sp³-hybridized carbons (Fsp3) is 0.273. The Morgan fingerprint density at radius 2 is 1.68 bits per heavy atom. The van der Waals surface area contributed by atoms with Gasteiger partial charge in [0.15, 0.2) is 5.82 Å². The number of nitrogens with zero attached hydrogens (tertiary/aromatic N) is 2. The fourth-order valence-corrected chi connectivity index (χ4v) is 4.08. The number of hydrogen-bond acceptors (Lipinski definition) is 4. The zero-order valence-corrected chi connectivity index (χ0v) is 17.0. The number of ether oxygens (including phenoxy) is 1. The van der Waals surface area contributed by atoms with Gasteiger partial charge in [-0.25, -0.2) is 9.97 Å². The van der Waals surface area contributed by atoms with Gasteiger partial charge in [0, 0.05) is 16.6 Å². The third-order valence-electron chi connectivity index (χ3n) is 5.15. The van der Waals surface area contributed by atoms with Crippen LogP contribution in [-0.2, 0) is 12.0 Å². The maximum Gasteiger partial charge on any atom is 0.166 e. The summed E-state index contributed by atoms with van der Waals surface area (Å²) in [7, 11) is 0. The van der Waals surface area contributed by atoms with Gasteiger partial charge in [-0.15, -0.1) is 12.4 Å². The smallest absolute Gasteiger partial charge is 0.166 e. The minimum Gasteiger partial charge on any atom is -0.486 e. The first kappa shape index (κ1) is 20.6. The van der Waals surface area contributed by atoms with Crippen molar-refractivity contribution >= 4 is 24.0 Å². The van der Waals surface area contributed by atoms with Crippen molar-refractivity contribution in [3.63, 3.8) is 0 Å². The van der Waals surface area contributed by atoms with Crippen LogP contribution in [0.15, 0.2) is 66.9 Å². The van der Waals surface area contributed by atoms with Crippen LogP contribution >= 0.6 is 24.0 Å². The largest absolute Gasteiger partial charge is 0.486 e. The average Bonchev–Trinajstić information content (AvgIpc) is 2.74. The summed E-state index contributed by atoms with van der Waals surface area (Å²) in [5.41, 5.74) is 1.95. The number of halogens is 2. The third kappa shape index (κ3) is 4.30. The van der Waals surface area contributed by atoms with Gasteiger partial charge in [0.25, 0.3) is 0 Å². The molecule has 0 spiro atoms. The molecule has 2 aromatic carbocycles. The van der Waals surface area contributed by atoms with Gasteiger partial charge >= 0.3 is 0 Å². The third-order valence-corrected chi connectivity index (χ3v) is 5.48. The molecule has 1 N–H and O–H groups in total. The van der Waals surface area contributed by atoms with Gasteiger partial charge in [-0.3, -0.25) is 0 Å². The van der Waals surface area contributed by atoms with E-state index in [9.17, 15) is 0 Å². The minimum absolute atomic E-state index is 0. The van der Waals surface area contributed by atoms with E-state index < -0.39 is 0 Å². The standard InChI is InChI=1S/C22H22ClN3O.ClH/c23-19-9-5-4-8-18(19)22(11-14-24-15-12-22)20-10-13-25-21(26-20)16-27-17-6-2-1-3-7-17;/h1-10,13,24H,11-12,14-16H2;1H. The molecule has 3 aromatic rings. The van der Waals surface area contributed by atoms with E-state index in [4.69, 9.17) is 21.3 Å². The van der Waals surface area contributed by atoms with Crippen LogP contribution in [0.2, 0.25) is 5.02 Å². The lowest BCUT2D eigenvalue weighted by molar-refractivity contribution is 0.292. The summed E-state index contributed by atoms with van der Waals surface area (Å²) in [4.78, 5) is 9.29. The first-order valence-corrected chi connectivity index (χ1v) is 9.62. The van der Waals surface area contributed by atoms with E-state index >= 15 is 0 Å².